The number of fused-ring (bicyclic) bond motifs is 3. The summed E-state index contributed by atoms with van der Waals surface area (Å²) in [4.78, 5) is 2.32. The molecule has 8 aromatic carbocycles. The second-order valence-corrected chi connectivity index (χ2v) is 14.8. The van der Waals surface area contributed by atoms with Crippen LogP contribution in [-0.2, 0) is 26.5 Å². The molecule has 4 heteroatoms. The third-order valence-electron chi connectivity index (χ3n) is 10.9. The monoisotopic (exact) mass is 927 g/mol. The molecule has 0 atom stereocenters. The van der Waals surface area contributed by atoms with E-state index in [4.69, 9.17) is 0 Å². The van der Waals surface area contributed by atoms with E-state index in [0.717, 1.165) is 39.5 Å². The van der Waals surface area contributed by atoms with Crippen molar-refractivity contribution in [2.24, 2.45) is 0 Å². The standard InChI is InChI=1S/C34H27N.C20H15N2.Pt/c1-25(2)26-21-23-29(24-22-26)35-32-19-11-9-17-30(32)34(27-13-5-3-6-14-27,28-15-7-4-8-16-28)31-18-10-12-20-33(31)35;1-16-11-13-18(14-12-16)22-15-21(17-7-3-2-4-8-17)19-9-5-6-10-20(19)22;/h3-19,21-23,25H,1-2H3;2-7,9-14H,1H3;/q-2;-1;+4. The molecular formula is C54H42N3Pt+. The molecule has 3 nitrogen and oxygen atoms in total. The van der Waals surface area contributed by atoms with E-state index in [2.05, 4.69) is 223 Å². The zero-order valence-corrected chi connectivity index (χ0v) is 35.0. The number of para-hydroxylation sites is 5. The van der Waals surface area contributed by atoms with Crippen molar-refractivity contribution >= 4 is 28.1 Å². The van der Waals surface area contributed by atoms with Crippen LogP contribution in [0.4, 0.5) is 17.1 Å². The van der Waals surface area contributed by atoms with E-state index in [0.29, 0.717) is 5.92 Å². The Labute approximate surface area is 356 Å². The molecular weight excluding hydrogens is 886 g/mol. The Kier molecular flexibility index (Phi) is 11.1. The molecule has 0 fully saturated rings. The van der Waals surface area contributed by atoms with Crippen molar-refractivity contribution in [3.05, 3.63) is 252 Å². The minimum atomic E-state index is -0.458. The molecule has 0 saturated carbocycles. The molecule has 0 aliphatic carbocycles. The van der Waals surface area contributed by atoms with Crippen LogP contribution in [0.3, 0.4) is 0 Å². The van der Waals surface area contributed by atoms with Crippen LogP contribution in [0.1, 0.15) is 53.1 Å². The van der Waals surface area contributed by atoms with Crippen LogP contribution in [0.25, 0.3) is 22.4 Å². The third kappa shape index (κ3) is 6.91. The van der Waals surface area contributed by atoms with Crippen LogP contribution in [-0.4, -0.2) is 4.57 Å². The summed E-state index contributed by atoms with van der Waals surface area (Å²) in [5.74, 6) is 0.469. The minimum Gasteiger partial charge on any atom is -0.358 e. The number of hydrogen-bond donors (Lipinski definition) is 0. The Morgan fingerprint density at radius 3 is 1.86 bits per heavy atom. The van der Waals surface area contributed by atoms with Crippen molar-refractivity contribution in [2.45, 2.75) is 32.1 Å². The maximum atomic E-state index is 3.62. The molecule has 1 aliphatic heterocycles. The number of nitrogens with zero attached hydrogens (tertiary/aromatic N) is 3. The fourth-order valence-electron chi connectivity index (χ4n) is 8.16. The van der Waals surface area contributed by atoms with Gasteiger partial charge in [-0.15, -0.1) is 11.6 Å². The average Bonchev–Trinajstić information content (AvgIpc) is 3.67. The van der Waals surface area contributed by atoms with Gasteiger partial charge in [-0.25, -0.2) is 0 Å². The number of imidazole rings is 1. The van der Waals surface area contributed by atoms with E-state index in [9.17, 15) is 0 Å². The molecule has 2 heterocycles. The molecule has 0 saturated heterocycles. The van der Waals surface area contributed by atoms with Gasteiger partial charge in [0.05, 0.1) is 16.7 Å². The quantitative estimate of drug-likeness (QED) is 0.120. The molecule has 0 unspecified atom stereocenters. The zero-order chi connectivity index (χ0) is 38.8. The van der Waals surface area contributed by atoms with E-state index in [-0.39, 0.29) is 21.1 Å². The number of anilines is 3. The van der Waals surface area contributed by atoms with Crippen LogP contribution in [0, 0.1) is 31.5 Å². The Hall–Kier alpha value is -6.28. The molecule has 0 N–H and O–H groups in total. The maximum Gasteiger partial charge on any atom is 4.00 e. The summed E-state index contributed by atoms with van der Waals surface area (Å²) in [6, 6.07) is 78.7. The summed E-state index contributed by atoms with van der Waals surface area (Å²) in [6.45, 7) is 6.53. The van der Waals surface area contributed by atoms with Crippen LogP contribution in [0.15, 0.2) is 194 Å². The summed E-state index contributed by atoms with van der Waals surface area (Å²) < 4.78 is 4.14. The predicted molar refractivity (Wildman–Crippen MR) is 232 cm³/mol. The van der Waals surface area contributed by atoms with Gasteiger partial charge in [-0.2, -0.15) is 78.4 Å². The van der Waals surface area contributed by atoms with Gasteiger partial charge in [0.25, 0.3) is 6.33 Å². The molecule has 9 aromatic rings. The van der Waals surface area contributed by atoms with Gasteiger partial charge in [0.15, 0.2) is 0 Å². The summed E-state index contributed by atoms with van der Waals surface area (Å²) in [5.41, 5.74) is 14.6. The van der Waals surface area contributed by atoms with Crippen molar-refractivity contribution in [1.29, 1.82) is 0 Å². The summed E-state index contributed by atoms with van der Waals surface area (Å²) >= 11 is 0. The molecule has 282 valence electrons. The number of aromatic nitrogens is 2. The van der Waals surface area contributed by atoms with Crippen molar-refractivity contribution in [3.8, 4) is 11.4 Å². The van der Waals surface area contributed by atoms with Gasteiger partial charge in [0.1, 0.15) is 0 Å². The molecule has 0 spiro atoms. The average molecular weight is 928 g/mol. The minimum absolute atomic E-state index is 0. The summed E-state index contributed by atoms with van der Waals surface area (Å²) in [5, 5.41) is 0. The topological polar surface area (TPSA) is 12.1 Å². The first-order chi connectivity index (χ1) is 28.0. The van der Waals surface area contributed by atoms with Crippen LogP contribution in [0.2, 0.25) is 0 Å². The van der Waals surface area contributed by atoms with Crippen LogP contribution < -0.4 is 9.47 Å². The number of hydrogen-bond acceptors (Lipinski definition) is 1. The van der Waals surface area contributed by atoms with Crippen LogP contribution in [0.5, 0.6) is 0 Å². The molecule has 58 heavy (non-hydrogen) atoms. The second kappa shape index (κ2) is 16.7. The number of rotatable bonds is 6. The first-order valence-electron chi connectivity index (χ1n) is 19.6. The Morgan fingerprint density at radius 1 is 0.552 bits per heavy atom. The molecule has 1 aromatic heterocycles. The summed E-state index contributed by atoms with van der Waals surface area (Å²) in [6.07, 6.45) is 3.44. The fourth-order valence-corrected chi connectivity index (χ4v) is 8.16. The van der Waals surface area contributed by atoms with Crippen molar-refractivity contribution in [3.63, 3.8) is 0 Å². The van der Waals surface area contributed by atoms with Gasteiger partial charge in [-0.1, -0.05) is 152 Å². The number of aryl methyl sites for hydroxylation is 1. The summed E-state index contributed by atoms with van der Waals surface area (Å²) in [7, 11) is 0. The largest absolute Gasteiger partial charge is 4.00 e. The zero-order valence-electron chi connectivity index (χ0n) is 32.7. The van der Waals surface area contributed by atoms with E-state index in [1.165, 1.54) is 33.4 Å². The van der Waals surface area contributed by atoms with Crippen molar-refractivity contribution < 1.29 is 25.6 Å². The smallest absolute Gasteiger partial charge is 0.358 e. The Bertz CT molecular complexity index is 2670. The van der Waals surface area contributed by atoms with Gasteiger partial charge in [-0.3, -0.25) is 4.57 Å². The van der Waals surface area contributed by atoms with Gasteiger partial charge >= 0.3 is 21.1 Å². The van der Waals surface area contributed by atoms with Crippen molar-refractivity contribution in [1.82, 2.24) is 4.57 Å². The van der Waals surface area contributed by atoms with Crippen molar-refractivity contribution in [2.75, 3.05) is 4.90 Å². The molecule has 0 radical (unpaired) electrons. The van der Waals surface area contributed by atoms with E-state index in [1.807, 2.05) is 30.3 Å². The van der Waals surface area contributed by atoms with Crippen LogP contribution >= 0.6 is 0 Å². The third-order valence-corrected chi connectivity index (χ3v) is 10.9. The molecule has 0 bridgehead atoms. The molecule has 10 rings (SSSR count). The normalized spacial score (nSPS) is 12.5. The number of benzene rings is 8. The first kappa shape index (κ1) is 38.6. The van der Waals surface area contributed by atoms with E-state index < -0.39 is 5.41 Å². The van der Waals surface area contributed by atoms with Gasteiger partial charge in [0, 0.05) is 11.1 Å². The predicted octanol–water partition coefficient (Wildman–Crippen LogP) is 12.4. The van der Waals surface area contributed by atoms with E-state index in [1.54, 1.807) is 0 Å². The van der Waals surface area contributed by atoms with Gasteiger partial charge in [0.2, 0.25) is 0 Å². The van der Waals surface area contributed by atoms with Gasteiger partial charge < -0.3 is 9.47 Å². The SMILES string of the molecule is CC(C)c1c[c-]c(N2c3[c-]cccc3C(c3ccccc3)(c3ccccc3)c3ccccc32)cc1.Cc1ccc(-[n+]2[c-]n(-c3[c-]cccc3)c3ccccc32)cc1.[Pt+4]. The first-order valence-corrected chi connectivity index (χ1v) is 19.6. The van der Waals surface area contributed by atoms with E-state index >= 15 is 0 Å². The molecule has 0 amide bonds. The Balaban J connectivity index is 0.000000176. The van der Waals surface area contributed by atoms with Gasteiger partial charge in [-0.05, 0) is 47.5 Å². The second-order valence-electron chi connectivity index (χ2n) is 14.8. The maximum absolute atomic E-state index is 3.62. The Morgan fingerprint density at radius 2 is 1.19 bits per heavy atom. The molecule has 1 aliphatic rings. The fraction of sp³-hybridized carbons (Fsp3) is 0.0926.